The first kappa shape index (κ1) is 27.9. The first-order valence-electron chi connectivity index (χ1n) is 10.3. The molecule has 0 saturated carbocycles. The van der Waals surface area contributed by atoms with Crippen molar-refractivity contribution in [1.29, 1.82) is 0 Å². The molecule has 1 aliphatic heterocycles. The number of sulfonamides is 2. The van der Waals surface area contributed by atoms with E-state index in [4.69, 9.17) is 11.6 Å². The lowest BCUT2D eigenvalue weighted by molar-refractivity contribution is -0.0450. The Morgan fingerprint density at radius 3 is 2.00 bits per heavy atom. The van der Waals surface area contributed by atoms with Gasteiger partial charge in [0.1, 0.15) is 4.90 Å². The molecule has 1 fully saturated rings. The highest BCUT2D eigenvalue weighted by molar-refractivity contribution is 7.93. The van der Waals surface area contributed by atoms with Crippen LogP contribution in [0.3, 0.4) is 0 Å². The second-order valence-electron chi connectivity index (χ2n) is 7.92. The third kappa shape index (κ3) is 5.83. The Kier molecular flexibility index (Phi) is 7.95. The Labute approximate surface area is 207 Å². The summed E-state index contributed by atoms with van der Waals surface area (Å²) < 4.78 is 116. The van der Waals surface area contributed by atoms with E-state index in [1.807, 2.05) is 0 Å². The van der Waals surface area contributed by atoms with Crippen LogP contribution in [0.25, 0.3) is 0 Å². The molecule has 0 bridgehead atoms. The molecule has 0 unspecified atom stereocenters. The van der Waals surface area contributed by atoms with Crippen molar-refractivity contribution in [2.45, 2.75) is 52.4 Å². The van der Waals surface area contributed by atoms with Crippen LogP contribution in [-0.4, -0.2) is 48.2 Å². The van der Waals surface area contributed by atoms with Crippen LogP contribution in [0.15, 0.2) is 57.2 Å². The van der Waals surface area contributed by atoms with Gasteiger partial charge in [-0.2, -0.15) is 17.5 Å². The molecule has 1 saturated heterocycles. The topological polar surface area (TPSA) is 118 Å². The highest BCUT2D eigenvalue weighted by atomic mass is 35.5. The smallest absolute Gasteiger partial charge is 0.218 e. The molecule has 1 atom stereocenters. The van der Waals surface area contributed by atoms with Crippen LogP contribution in [0.2, 0.25) is 5.02 Å². The summed E-state index contributed by atoms with van der Waals surface area (Å²) in [7, 11) is -14.2. The molecule has 0 aromatic heterocycles. The van der Waals surface area contributed by atoms with Gasteiger partial charge in [0, 0.05) is 24.2 Å². The Morgan fingerprint density at radius 2 is 1.46 bits per heavy atom. The zero-order valence-electron chi connectivity index (χ0n) is 18.3. The fraction of sp³-hybridized carbons (Fsp3) is 0.400. The number of piperidine rings is 1. The van der Waals surface area contributed by atoms with E-state index in [2.05, 4.69) is 0 Å². The normalized spacial score (nSPS) is 17.3. The predicted octanol–water partition coefficient (Wildman–Crippen LogP) is 3.85. The SMILES string of the molecule is C[C@H](NS(=O)(=O)C(F)(F)F)c1ccc(S(=O)(=O)c2ccc(Cl)cc2S(=O)(=O)N2CCCCC2)cc1. The largest absolute Gasteiger partial charge is 0.511 e. The van der Waals surface area contributed by atoms with E-state index in [0.717, 1.165) is 49.7 Å². The van der Waals surface area contributed by atoms with Crippen molar-refractivity contribution in [2.24, 2.45) is 0 Å². The predicted molar refractivity (Wildman–Crippen MR) is 122 cm³/mol. The Bertz CT molecular complexity index is 1400. The minimum Gasteiger partial charge on any atom is -0.218 e. The Hall–Kier alpha value is -1.71. The quantitative estimate of drug-likeness (QED) is 0.537. The maximum atomic E-state index is 13.4. The molecule has 2 aromatic rings. The van der Waals surface area contributed by atoms with Crippen LogP contribution in [0.5, 0.6) is 0 Å². The van der Waals surface area contributed by atoms with E-state index < -0.39 is 51.2 Å². The molecule has 3 rings (SSSR count). The number of hydrogen-bond acceptors (Lipinski definition) is 6. The van der Waals surface area contributed by atoms with Crippen LogP contribution in [0.1, 0.15) is 37.8 Å². The number of rotatable bonds is 7. The van der Waals surface area contributed by atoms with Gasteiger partial charge in [0.25, 0.3) is 0 Å². The van der Waals surface area contributed by atoms with Gasteiger partial charge in [0.05, 0.1) is 9.79 Å². The summed E-state index contributed by atoms with van der Waals surface area (Å²) in [5.74, 6) is 0. The number of nitrogens with one attached hydrogen (secondary N) is 1. The highest BCUT2D eigenvalue weighted by Crippen LogP contribution is 2.33. The maximum absolute atomic E-state index is 13.4. The van der Waals surface area contributed by atoms with Gasteiger partial charge in [-0.3, -0.25) is 0 Å². The van der Waals surface area contributed by atoms with Gasteiger partial charge in [0.15, 0.2) is 0 Å². The monoisotopic (exact) mass is 574 g/mol. The molecule has 15 heteroatoms. The summed E-state index contributed by atoms with van der Waals surface area (Å²) in [6.45, 7) is 1.65. The molecule has 0 aliphatic carbocycles. The van der Waals surface area contributed by atoms with Crippen LogP contribution in [0, 0.1) is 0 Å². The number of alkyl halides is 3. The van der Waals surface area contributed by atoms with Gasteiger partial charge in [-0.1, -0.05) is 30.2 Å². The number of nitrogens with zero attached hydrogens (tertiary/aromatic N) is 1. The lowest BCUT2D eigenvalue weighted by atomic mass is 10.1. The van der Waals surface area contributed by atoms with E-state index in [1.165, 1.54) is 15.1 Å². The van der Waals surface area contributed by atoms with Crippen LogP contribution in [0.4, 0.5) is 13.2 Å². The number of halogens is 4. The van der Waals surface area contributed by atoms with Crippen molar-refractivity contribution >= 4 is 41.5 Å². The van der Waals surface area contributed by atoms with Crippen molar-refractivity contribution in [3.8, 4) is 0 Å². The fourth-order valence-corrected chi connectivity index (χ4v) is 8.13. The van der Waals surface area contributed by atoms with Gasteiger partial charge in [-0.05, 0) is 55.7 Å². The summed E-state index contributed by atoms with van der Waals surface area (Å²) >= 11 is 5.98. The number of hydrogen-bond donors (Lipinski definition) is 1. The minimum atomic E-state index is -5.62. The number of sulfone groups is 1. The summed E-state index contributed by atoms with van der Waals surface area (Å²) in [6.07, 6.45) is 2.13. The molecular formula is C20H22ClF3N2O6S3. The Morgan fingerprint density at radius 1 is 0.886 bits per heavy atom. The molecule has 0 spiro atoms. The summed E-state index contributed by atoms with van der Waals surface area (Å²) in [6, 6.07) is 6.50. The fourth-order valence-electron chi connectivity index (χ4n) is 3.58. The van der Waals surface area contributed by atoms with Crippen molar-refractivity contribution in [3.05, 3.63) is 53.1 Å². The van der Waals surface area contributed by atoms with Crippen LogP contribution >= 0.6 is 11.6 Å². The van der Waals surface area contributed by atoms with Gasteiger partial charge in [-0.15, -0.1) is 0 Å². The zero-order valence-corrected chi connectivity index (χ0v) is 21.5. The minimum absolute atomic E-state index is 0.0284. The Balaban J connectivity index is 1.98. The average molecular weight is 575 g/mol. The summed E-state index contributed by atoms with van der Waals surface area (Å²) in [5.41, 5.74) is -5.44. The molecule has 194 valence electrons. The van der Waals surface area contributed by atoms with Crippen LogP contribution in [-0.2, 0) is 29.9 Å². The third-order valence-electron chi connectivity index (χ3n) is 5.46. The molecule has 0 radical (unpaired) electrons. The second kappa shape index (κ2) is 9.98. The summed E-state index contributed by atoms with van der Waals surface area (Å²) in [5, 5.41) is 0.0284. The van der Waals surface area contributed by atoms with E-state index in [1.54, 1.807) is 0 Å². The molecule has 1 heterocycles. The van der Waals surface area contributed by atoms with Gasteiger partial charge >= 0.3 is 15.5 Å². The molecule has 8 nitrogen and oxygen atoms in total. The summed E-state index contributed by atoms with van der Waals surface area (Å²) in [4.78, 5) is -1.29. The maximum Gasteiger partial charge on any atom is 0.511 e. The van der Waals surface area contributed by atoms with E-state index in [-0.39, 0.29) is 28.6 Å². The second-order valence-corrected chi connectivity index (χ2v) is 13.9. The number of benzene rings is 2. The van der Waals surface area contributed by atoms with Gasteiger partial charge in [0.2, 0.25) is 19.9 Å². The third-order valence-corrected chi connectivity index (χ3v) is 10.9. The van der Waals surface area contributed by atoms with Crippen LogP contribution < -0.4 is 4.72 Å². The lowest BCUT2D eigenvalue weighted by Crippen LogP contribution is -2.37. The van der Waals surface area contributed by atoms with Gasteiger partial charge < -0.3 is 0 Å². The van der Waals surface area contributed by atoms with E-state index in [9.17, 15) is 38.4 Å². The molecule has 1 N–H and O–H groups in total. The first-order valence-corrected chi connectivity index (χ1v) is 15.1. The van der Waals surface area contributed by atoms with Crippen molar-refractivity contribution in [1.82, 2.24) is 9.03 Å². The first-order chi connectivity index (χ1) is 16.1. The average Bonchev–Trinajstić information content (AvgIpc) is 2.78. The lowest BCUT2D eigenvalue weighted by Gasteiger charge is -2.26. The molecule has 2 aromatic carbocycles. The van der Waals surface area contributed by atoms with Crippen molar-refractivity contribution in [3.63, 3.8) is 0 Å². The highest BCUT2D eigenvalue weighted by Gasteiger charge is 2.46. The van der Waals surface area contributed by atoms with Gasteiger partial charge in [-0.25, -0.2) is 30.0 Å². The van der Waals surface area contributed by atoms with Crippen molar-refractivity contribution in [2.75, 3.05) is 13.1 Å². The van der Waals surface area contributed by atoms with E-state index >= 15 is 0 Å². The molecular weight excluding hydrogens is 553 g/mol. The van der Waals surface area contributed by atoms with Crippen molar-refractivity contribution < 1.29 is 38.4 Å². The van der Waals surface area contributed by atoms with E-state index in [0.29, 0.717) is 12.8 Å². The molecule has 0 amide bonds. The molecule has 1 aliphatic rings. The standard InChI is InChI=1S/C20H22ClF3N2O6S3/c1-14(25-35(31,32)20(22,23)24)15-5-8-17(9-6-15)33(27,28)18-10-7-16(21)13-19(18)34(29,30)26-11-3-2-4-12-26/h5-10,13-14,25H,2-4,11-12H2,1H3/t14-/m0/s1. The zero-order chi connectivity index (χ0) is 26.2. The molecule has 35 heavy (non-hydrogen) atoms.